The van der Waals surface area contributed by atoms with Gasteiger partial charge in [-0.05, 0) is 17.7 Å². The third-order valence-corrected chi connectivity index (χ3v) is 5.33. The van der Waals surface area contributed by atoms with Gasteiger partial charge in [0.2, 0.25) is 11.7 Å². The van der Waals surface area contributed by atoms with Crippen molar-refractivity contribution in [1.82, 2.24) is 0 Å². The lowest BCUT2D eigenvalue weighted by atomic mass is 9.99. The molecular formula is C22H22O10. The van der Waals surface area contributed by atoms with Gasteiger partial charge >= 0.3 is 0 Å². The van der Waals surface area contributed by atoms with E-state index >= 15 is 0 Å². The molecule has 1 fully saturated rings. The van der Waals surface area contributed by atoms with Crippen LogP contribution in [-0.4, -0.2) is 70.0 Å². The number of aliphatic hydroxyl groups is 4. The Kier molecular flexibility index (Phi) is 6.04. The zero-order chi connectivity index (χ0) is 23.0. The van der Waals surface area contributed by atoms with Crippen molar-refractivity contribution < 1.29 is 44.2 Å². The number of aliphatic hydroxyl groups excluding tert-OH is 4. The van der Waals surface area contributed by atoms with E-state index in [0.29, 0.717) is 11.3 Å². The molecule has 32 heavy (non-hydrogen) atoms. The Morgan fingerprint density at radius 3 is 2.38 bits per heavy atom. The van der Waals surface area contributed by atoms with Gasteiger partial charge in [0.1, 0.15) is 58.9 Å². The van der Waals surface area contributed by atoms with Gasteiger partial charge in [-0.15, -0.1) is 0 Å². The van der Waals surface area contributed by atoms with E-state index in [2.05, 4.69) is 0 Å². The third kappa shape index (κ3) is 3.90. The largest absolute Gasteiger partial charge is 0.507 e. The van der Waals surface area contributed by atoms with Crippen LogP contribution in [0.2, 0.25) is 0 Å². The first kappa shape index (κ1) is 22.1. The Labute approximate surface area is 181 Å². The average molecular weight is 446 g/mol. The van der Waals surface area contributed by atoms with E-state index in [1.165, 1.54) is 19.4 Å². The van der Waals surface area contributed by atoms with Crippen LogP contribution in [0.5, 0.6) is 17.2 Å². The number of hydrogen-bond donors (Lipinski definition) is 5. The first-order valence-corrected chi connectivity index (χ1v) is 9.74. The predicted octanol–water partition coefficient (Wildman–Crippen LogP) is 0.353. The van der Waals surface area contributed by atoms with Crippen LogP contribution < -0.4 is 14.9 Å². The van der Waals surface area contributed by atoms with Crippen molar-refractivity contribution in [3.63, 3.8) is 0 Å². The predicted molar refractivity (Wildman–Crippen MR) is 111 cm³/mol. The Balaban J connectivity index is 1.66. The summed E-state index contributed by atoms with van der Waals surface area (Å²) in [6.45, 7) is -0.614. The molecule has 1 aliphatic rings. The molecule has 5 atom stereocenters. The summed E-state index contributed by atoms with van der Waals surface area (Å²) in [5, 5.41) is 49.6. The van der Waals surface area contributed by atoms with E-state index in [9.17, 15) is 30.3 Å². The molecule has 4 rings (SSSR count). The maximum Gasteiger partial charge on any atom is 0.229 e. The second kappa shape index (κ2) is 8.77. The standard InChI is InChI=1S/C22H22O10/c1-29-11-4-2-10(3-5-11)13-9-30-15-7-12(6-14(24)17(15)18(13)25)31-22-21(28)20(27)19(26)16(8-23)32-22/h2-7,9,16,19-24,26-28H,8H2,1H3/t16-,19+,20+,21+,22+/m0/s1. The fourth-order valence-corrected chi connectivity index (χ4v) is 3.54. The molecule has 0 radical (unpaired) electrons. The highest BCUT2D eigenvalue weighted by Crippen LogP contribution is 2.32. The van der Waals surface area contributed by atoms with Crippen molar-refractivity contribution in [3.05, 3.63) is 52.9 Å². The van der Waals surface area contributed by atoms with Gasteiger partial charge in [0.15, 0.2) is 0 Å². The molecule has 10 nitrogen and oxygen atoms in total. The number of methoxy groups -OCH3 is 1. The van der Waals surface area contributed by atoms with Crippen LogP contribution in [0.1, 0.15) is 0 Å². The van der Waals surface area contributed by atoms with Gasteiger partial charge in [0.25, 0.3) is 0 Å². The van der Waals surface area contributed by atoms with Crippen molar-refractivity contribution in [3.8, 4) is 28.4 Å². The lowest BCUT2D eigenvalue weighted by molar-refractivity contribution is -0.277. The maximum absolute atomic E-state index is 13.0. The third-order valence-electron chi connectivity index (χ3n) is 5.33. The fourth-order valence-electron chi connectivity index (χ4n) is 3.54. The number of benzene rings is 2. The molecule has 170 valence electrons. The van der Waals surface area contributed by atoms with E-state index in [0.717, 1.165) is 6.07 Å². The molecule has 0 spiro atoms. The maximum atomic E-state index is 13.0. The minimum Gasteiger partial charge on any atom is -0.507 e. The van der Waals surface area contributed by atoms with Gasteiger partial charge in [0, 0.05) is 12.1 Å². The summed E-state index contributed by atoms with van der Waals surface area (Å²) in [4.78, 5) is 13.0. The van der Waals surface area contributed by atoms with Crippen molar-refractivity contribution in [2.45, 2.75) is 30.7 Å². The van der Waals surface area contributed by atoms with E-state index in [-0.39, 0.29) is 22.3 Å². The van der Waals surface area contributed by atoms with Crippen molar-refractivity contribution in [2.24, 2.45) is 0 Å². The second-order valence-electron chi connectivity index (χ2n) is 7.34. The molecule has 0 unspecified atom stereocenters. The molecule has 5 N–H and O–H groups in total. The van der Waals surface area contributed by atoms with Gasteiger partial charge in [0.05, 0.1) is 19.3 Å². The van der Waals surface area contributed by atoms with Crippen molar-refractivity contribution >= 4 is 11.0 Å². The van der Waals surface area contributed by atoms with Crippen LogP contribution in [0.4, 0.5) is 0 Å². The van der Waals surface area contributed by atoms with E-state index < -0.39 is 48.5 Å². The normalized spacial score (nSPS) is 25.6. The van der Waals surface area contributed by atoms with Crippen molar-refractivity contribution in [2.75, 3.05) is 13.7 Å². The number of ether oxygens (including phenoxy) is 3. The van der Waals surface area contributed by atoms with Crippen LogP contribution in [0.25, 0.3) is 22.1 Å². The highest BCUT2D eigenvalue weighted by atomic mass is 16.7. The van der Waals surface area contributed by atoms with Crippen LogP contribution in [0, 0.1) is 0 Å². The average Bonchev–Trinajstić information content (AvgIpc) is 2.79. The van der Waals surface area contributed by atoms with E-state index in [1.807, 2.05) is 0 Å². The topological polar surface area (TPSA) is 159 Å². The molecule has 0 aliphatic carbocycles. The molecule has 0 bridgehead atoms. The van der Waals surface area contributed by atoms with Crippen LogP contribution in [0.15, 0.2) is 51.9 Å². The Bertz CT molecular complexity index is 1150. The van der Waals surface area contributed by atoms with Gasteiger partial charge in [-0.1, -0.05) is 12.1 Å². The smallest absolute Gasteiger partial charge is 0.229 e. The summed E-state index contributed by atoms with van der Waals surface area (Å²) >= 11 is 0. The number of hydrogen-bond acceptors (Lipinski definition) is 10. The lowest BCUT2D eigenvalue weighted by Gasteiger charge is -2.39. The molecule has 1 saturated heterocycles. The molecule has 10 heteroatoms. The summed E-state index contributed by atoms with van der Waals surface area (Å²) in [6, 6.07) is 9.20. The molecule has 2 heterocycles. The molecule has 1 aliphatic heterocycles. The zero-order valence-electron chi connectivity index (χ0n) is 16.9. The molecule has 0 saturated carbocycles. The van der Waals surface area contributed by atoms with Gasteiger partial charge < -0.3 is 44.2 Å². The number of fused-ring (bicyclic) bond motifs is 1. The quantitative estimate of drug-likeness (QED) is 0.370. The number of phenolic OH excluding ortho intramolecular Hbond substituents is 1. The SMILES string of the molecule is COc1ccc(-c2coc3cc(O[C@@H]4O[C@@H](CO)[C@@H](O)[C@@H](O)[C@H]4O)cc(O)c3c2=O)cc1. The van der Waals surface area contributed by atoms with Gasteiger partial charge in [-0.25, -0.2) is 0 Å². The summed E-state index contributed by atoms with van der Waals surface area (Å²) in [7, 11) is 1.53. The number of phenols is 1. The monoisotopic (exact) mass is 446 g/mol. The summed E-state index contributed by atoms with van der Waals surface area (Å²) < 4.78 is 21.4. The number of aromatic hydroxyl groups is 1. The fraction of sp³-hybridized carbons (Fsp3) is 0.318. The van der Waals surface area contributed by atoms with Crippen molar-refractivity contribution in [1.29, 1.82) is 0 Å². The summed E-state index contributed by atoms with van der Waals surface area (Å²) in [5.41, 5.74) is 0.362. The number of rotatable bonds is 5. The summed E-state index contributed by atoms with van der Waals surface area (Å²) in [5.74, 6) is 0.169. The highest BCUT2D eigenvalue weighted by Gasteiger charge is 2.44. The molecule has 2 aromatic carbocycles. The van der Waals surface area contributed by atoms with Crippen LogP contribution in [0.3, 0.4) is 0 Å². The zero-order valence-corrected chi connectivity index (χ0v) is 16.9. The molecule has 0 amide bonds. The first-order chi connectivity index (χ1) is 15.3. The second-order valence-corrected chi connectivity index (χ2v) is 7.34. The van der Waals surface area contributed by atoms with Gasteiger partial charge in [-0.3, -0.25) is 4.79 Å². The Hall–Kier alpha value is -3.15. The minimum absolute atomic E-state index is 0.0202. The molecule has 3 aromatic rings. The first-order valence-electron chi connectivity index (χ1n) is 9.74. The Morgan fingerprint density at radius 1 is 1.00 bits per heavy atom. The lowest BCUT2D eigenvalue weighted by Crippen LogP contribution is -2.60. The molecule has 1 aromatic heterocycles. The highest BCUT2D eigenvalue weighted by molar-refractivity contribution is 5.88. The summed E-state index contributed by atoms with van der Waals surface area (Å²) in [6.07, 6.45) is -6.14. The van der Waals surface area contributed by atoms with E-state index in [4.69, 9.17) is 18.6 Å². The Morgan fingerprint density at radius 2 is 1.72 bits per heavy atom. The molecular weight excluding hydrogens is 424 g/mol. The van der Waals surface area contributed by atoms with Gasteiger partial charge in [-0.2, -0.15) is 0 Å². The minimum atomic E-state index is -1.63. The van der Waals surface area contributed by atoms with Crippen LogP contribution >= 0.6 is 0 Å². The van der Waals surface area contributed by atoms with Crippen LogP contribution in [-0.2, 0) is 4.74 Å². The van der Waals surface area contributed by atoms with E-state index in [1.54, 1.807) is 24.3 Å².